The molecule has 0 amide bonds. The van der Waals surface area contributed by atoms with E-state index in [0.717, 1.165) is 60.4 Å². The van der Waals surface area contributed by atoms with Crippen LogP contribution in [0.3, 0.4) is 0 Å². The summed E-state index contributed by atoms with van der Waals surface area (Å²) in [6, 6.07) is 28.0. The third-order valence-electron chi connectivity index (χ3n) is 9.24. The molecule has 0 atom stereocenters. The molecule has 12 nitrogen and oxygen atoms in total. The summed E-state index contributed by atoms with van der Waals surface area (Å²) in [4.78, 5) is 48.1. The van der Waals surface area contributed by atoms with E-state index in [4.69, 9.17) is 38.6 Å². The van der Waals surface area contributed by atoms with E-state index in [-0.39, 0.29) is 0 Å². The molecule has 0 unspecified atom stereocenters. The highest BCUT2D eigenvalue weighted by atomic mass is 16.5. The Hall–Kier alpha value is -6.82. The van der Waals surface area contributed by atoms with Crippen molar-refractivity contribution in [3.63, 3.8) is 0 Å². The summed E-state index contributed by atoms with van der Waals surface area (Å²) < 4.78 is 32.7. The molecule has 0 spiro atoms. The fourth-order valence-electron chi connectivity index (χ4n) is 5.70. The van der Waals surface area contributed by atoms with Gasteiger partial charge in [-0.1, -0.05) is 39.8 Å². The Bertz CT molecular complexity index is 1950. The van der Waals surface area contributed by atoms with Gasteiger partial charge in [-0.25, -0.2) is 19.2 Å². The molecule has 0 fully saturated rings. The lowest BCUT2D eigenvalue weighted by atomic mass is 10.0. The van der Waals surface area contributed by atoms with Crippen LogP contribution in [0.25, 0.3) is 0 Å². The van der Waals surface area contributed by atoms with Crippen molar-refractivity contribution in [2.24, 2.45) is 10.2 Å². The van der Waals surface area contributed by atoms with Crippen LogP contribution in [0.5, 0.6) is 23.0 Å². The Balaban J connectivity index is 1.33. The zero-order valence-electron chi connectivity index (χ0n) is 35.7. The smallest absolute Gasteiger partial charge is 0.343 e. The fourth-order valence-corrected chi connectivity index (χ4v) is 5.70. The Kier molecular flexibility index (Phi) is 20.9. The van der Waals surface area contributed by atoms with Crippen LogP contribution >= 0.6 is 0 Å². The third kappa shape index (κ3) is 17.0. The molecular weight excluding hydrogens is 789 g/mol. The van der Waals surface area contributed by atoms with Crippen molar-refractivity contribution in [2.45, 2.75) is 78.1 Å². The standard InChI is InChI=1S/C50H56N2O10/c1-5-9-15-45(37-17-29-43(30-18-37)61-49(55)39-21-25-41(26-22-39)57-33-11-13-35-59-47(53)7-3)51-52-46(16-10-6-2)38-19-31-44(32-20-38)62-50(56)40-23-27-42(28-24-40)58-34-12-14-36-60-48(54)8-4/h7-8,17-32H,3-6,9-16,33-36H2,1-2H3. The van der Waals surface area contributed by atoms with Crippen LogP contribution in [0.15, 0.2) is 133 Å². The molecule has 4 aromatic carbocycles. The molecule has 12 heteroatoms. The second-order valence-corrected chi connectivity index (χ2v) is 14.0. The van der Waals surface area contributed by atoms with E-state index < -0.39 is 23.9 Å². The lowest BCUT2D eigenvalue weighted by Gasteiger charge is -2.10. The molecule has 0 aliphatic rings. The average Bonchev–Trinajstić information content (AvgIpc) is 3.30. The zero-order valence-corrected chi connectivity index (χ0v) is 35.7. The van der Waals surface area contributed by atoms with Gasteiger partial charge in [0.15, 0.2) is 0 Å². The molecule has 0 aliphatic heterocycles. The van der Waals surface area contributed by atoms with Crippen molar-refractivity contribution in [1.82, 2.24) is 0 Å². The molecule has 0 radical (unpaired) electrons. The number of benzene rings is 4. The number of hydrogen-bond donors (Lipinski definition) is 0. The number of esters is 4. The number of nitrogens with zero attached hydrogens (tertiary/aromatic N) is 2. The van der Waals surface area contributed by atoms with Crippen LogP contribution in [-0.4, -0.2) is 61.7 Å². The number of carbonyl (C=O) groups excluding carboxylic acids is 4. The summed E-state index contributed by atoms with van der Waals surface area (Å²) in [6.07, 6.45) is 10.2. The first-order valence-corrected chi connectivity index (χ1v) is 21.1. The van der Waals surface area contributed by atoms with E-state index in [1.54, 1.807) is 72.8 Å². The van der Waals surface area contributed by atoms with Crippen molar-refractivity contribution >= 4 is 35.3 Å². The van der Waals surface area contributed by atoms with Crippen LogP contribution in [-0.2, 0) is 19.1 Å². The molecular formula is C50H56N2O10. The van der Waals surface area contributed by atoms with E-state index in [2.05, 4.69) is 27.0 Å². The van der Waals surface area contributed by atoms with Gasteiger partial charge in [0.05, 0.1) is 49.0 Å². The summed E-state index contributed by atoms with van der Waals surface area (Å²) in [7, 11) is 0. The SMILES string of the molecule is C=CC(=O)OCCCCOc1ccc(C(=O)Oc2ccc(C(CCCC)=NN=C(CCCC)c3ccc(OC(=O)c4ccc(OCCCCOC(=O)C=C)cc4)cc3)cc2)cc1. The fraction of sp³-hybridized carbons (Fsp3) is 0.320. The molecule has 62 heavy (non-hydrogen) atoms. The number of carbonyl (C=O) groups is 4. The first kappa shape index (κ1) is 47.9. The van der Waals surface area contributed by atoms with Gasteiger partial charge in [0.25, 0.3) is 0 Å². The van der Waals surface area contributed by atoms with E-state index in [1.165, 1.54) is 0 Å². The van der Waals surface area contributed by atoms with Gasteiger partial charge in [0, 0.05) is 12.2 Å². The summed E-state index contributed by atoms with van der Waals surface area (Å²) in [5, 5.41) is 9.52. The van der Waals surface area contributed by atoms with Crippen molar-refractivity contribution in [1.29, 1.82) is 0 Å². The summed E-state index contributed by atoms with van der Waals surface area (Å²) in [6.45, 7) is 12.5. The Morgan fingerprint density at radius 1 is 0.452 bits per heavy atom. The maximum Gasteiger partial charge on any atom is 0.343 e. The minimum Gasteiger partial charge on any atom is -0.494 e. The van der Waals surface area contributed by atoms with Crippen molar-refractivity contribution in [3.05, 3.63) is 145 Å². The highest BCUT2D eigenvalue weighted by Crippen LogP contribution is 2.21. The third-order valence-corrected chi connectivity index (χ3v) is 9.24. The van der Waals surface area contributed by atoms with Gasteiger partial charge in [-0.3, -0.25) is 0 Å². The molecule has 326 valence electrons. The predicted molar refractivity (Wildman–Crippen MR) is 240 cm³/mol. The molecule has 0 bridgehead atoms. The van der Waals surface area contributed by atoms with Gasteiger partial charge in [-0.2, -0.15) is 10.2 Å². The largest absolute Gasteiger partial charge is 0.494 e. The Morgan fingerprint density at radius 2 is 0.774 bits per heavy atom. The van der Waals surface area contributed by atoms with Gasteiger partial charge in [-0.15, -0.1) is 0 Å². The number of rotatable bonds is 27. The Morgan fingerprint density at radius 3 is 1.11 bits per heavy atom. The normalized spacial score (nSPS) is 11.3. The van der Waals surface area contributed by atoms with Crippen LogP contribution in [0.1, 0.15) is 110 Å². The van der Waals surface area contributed by atoms with Gasteiger partial charge in [0.1, 0.15) is 23.0 Å². The summed E-state index contributed by atoms with van der Waals surface area (Å²) in [5.41, 5.74) is 4.16. The zero-order chi connectivity index (χ0) is 44.4. The van der Waals surface area contributed by atoms with Crippen molar-refractivity contribution in [3.8, 4) is 23.0 Å². The van der Waals surface area contributed by atoms with Crippen molar-refractivity contribution < 1.29 is 47.6 Å². The quantitative estimate of drug-likeness (QED) is 0.0142. The average molecular weight is 845 g/mol. The lowest BCUT2D eigenvalue weighted by molar-refractivity contribution is -0.138. The minimum absolute atomic E-state index is 0.305. The lowest BCUT2D eigenvalue weighted by Crippen LogP contribution is -2.09. The monoisotopic (exact) mass is 844 g/mol. The van der Waals surface area contributed by atoms with E-state index in [0.29, 0.717) is 99.1 Å². The van der Waals surface area contributed by atoms with Gasteiger partial charge >= 0.3 is 23.9 Å². The number of hydrogen-bond acceptors (Lipinski definition) is 12. The molecule has 0 N–H and O–H groups in total. The predicted octanol–water partition coefficient (Wildman–Crippen LogP) is 10.5. The second-order valence-electron chi connectivity index (χ2n) is 14.0. The molecule has 4 aromatic rings. The highest BCUT2D eigenvalue weighted by Gasteiger charge is 2.13. The summed E-state index contributed by atoms with van der Waals surface area (Å²) in [5.74, 6) is 0.173. The van der Waals surface area contributed by atoms with Gasteiger partial charge < -0.3 is 28.4 Å². The molecule has 4 rings (SSSR count). The van der Waals surface area contributed by atoms with Crippen LogP contribution in [0, 0.1) is 0 Å². The maximum absolute atomic E-state index is 12.9. The molecule has 0 aliphatic carbocycles. The number of ether oxygens (including phenoxy) is 6. The Labute approximate surface area is 364 Å². The first-order valence-electron chi connectivity index (χ1n) is 21.1. The van der Waals surface area contributed by atoms with E-state index in [1.807, 2.05) is 24.3 Å². The van der Waals surface area contributed by atoms with Crippen LogP contribution in [0.4, 0.5) is 0 Å². The number of unbranched alkanes of at least 4 members (excludes halogenated alkanes) is 4. The van der Waals surface area contributed by atoms with Gasteiger partial charge in [-0.05, 0) is 160 Å². The van der Waals surface area contributed by atoms with Crippen LogP contribution < -0.4 is 18.9 Å². The van der Waals surface area contributed by atoms with E-state index >= 15 is 0 Å². The van der Waals surface area contributed by atoms with Crippen LogP contribution in [0.2, 0.25) is 0 Å². The molecule has 0 aromatic heterocycles. The van der Waals surface area contributed by atoms with Crippen molar-refractivity contribution in [2.75, 3.05) is 26.4 Å². The highest BCUT2D eigenvalue weighted by molar-refractivity contribution is 6.04. The summed E-state index contributed by atoms with van der Waals surface area (Å²) >= 11 is 0. The maximum atomic E-state index is 12.9. The minimum atomic E-state index is -0.491. The topological polar surface area (TPSA) is 148 Å². The molecule has 0 heterocycles. The molecule has 0 saturated heterocycles. The van der Waals surface area contributed by atoms with E-state index in [9.17, 15) is 19.2 Å². The molecule has 0 saturated carbocycles. The van der Waals surface area contributed by atoms with Gasteiger partial charge in [0.2, 0.25) is 0 Å². The first-order chi connectivity index (χ1) is 30.2. The second kappa shape index (κ2) is 27.1.